The first-order valence-electron chi connectivity index (χ1n) is 15.9. The van der Waals surface area contributed by atoms with Gasteiger partial charge in [0, 0.05) is 34.0 Å². The van der Waals surface area contributed by atoms with Crippen LogP contribution in [0.25, 0.3) is 28.2 Å². The summed E-state index contributed by atoms with van der Waals surface area (Å²) >= 11 is 7.48. The molecule has 0 aliphatic carbocycles. The zero-order valence-corrected chi connectivity index (χ0v) is 30.3. The lowest BCUT2D eigenvalue weighted by Gasteiger charge is -2.21. The Hall–Kier alpha value is -5.22. The summed E-state index contributed by atoms with van der Waals surface area (Å²) in [4.78, 5) is 61.4. The van der Waals surface area contributed by atoms with Gasteiger partial charge in [0.15, 0.2) is 6.73 Å². The van der Waals surface area contributed by atoms with Gasteiger partial charge in [-0.2, -0.15) is 4.68 Å². The summed E-state index contributed by atoms with van der Waals surface area (Å²) in [6.07, 6.45) is 4.01. The van der Waals surface area contributed by atoms with E-state index in [2.05, 4.69) is 15.5 Å². The van der Waals surface area contributed by atoms with Gasteiger partial charge in [0.25, 0.3) is 5.56 Å². The van der Waals surface area contributed by atoms with E-state index in [1.54, 1.807) is 86.5 Å². The molecule has 0 spiro atoms. The highest BCUT2D eigenvalue weighted by atomic mass is 35.5. The second kappa shape index (κ2) is 13.8. The molecule has 1 atom stereocenters. The average Bonchev–Trinajstić information content (AvgIpc) is 3.89. The number of hydrogen-bond acceptors (Lipinski definition) is 13. The van der Waals surface area contributed by atoms with E-state index in [1.165, 1.54) is 17.1 Å². The van der Waals surface area contributed by atoms with Gasteiger partial charge in [-0.1, -0.05) is 11.6 Å². The molecule has 5 heterocycles. The van der Waals surface area contributed by atoms with E-state index < -0.39 is 41.6 Å². The van der Waals surface area contributed by atoms with Crippen molar-refractivity contribution in [1.29, 1.82) is 0 Å². The summed E-state index contributed by atoms with van der Waals surface area (Å²) in [7, 11) is 0. The number of fused-ring (bicyclic) bond motifs is 1. The number of esters is 3. The van der Waals surface area contributed by atoms with E-state index in [9.17, 15) is 19.2 Å². The Bertz CT molecular complexity index is 2180. The summed E-state index contributed by atoms with van der Waals surface area (Å²) in [6.45, 7) is 9.64. The molecule has 0 amide bonds. The van der Waals surface area contributed by atoms with Crippen molar-refractivity contribution in [2.24, 2.45) is 10.8 Å². The number of tetrazole rings is 1. The highest BCUT2D eigenvalue weighted by Crippen LogP contribution is 2.35. The molecule has 1 aliphatic heterocycles. The standard InChI is InChI=1S/C34H35ClN8O7S/c1-33(2,3)31(46)48-17-41-25(19-11-26(51-15-19)30(45)49-18-50-32(47)34(4,5)6)14-36-29(41)24-9-10-27-38-22(13-28(44)43(24)27)21-12-20(35)7-8-23(21)42-16-37-39-40-42/h7-8,11-16,24H,9-10,17-18H2,1-6H3/t24-/m0/s1. The van der Waals surface area contributed by atoms with Crippen LogP contribution in [0.4, 0.5) is 0 Å². The molecule has 51 heavy (non-hydrogen) atoms. The number of hydrogen-bond donors (Lipinski definition) is 0. The van der Waals surface area contributed by atoms with Gasteiger partial charge >= 0.3 is 17.9 Å². The van der Waals surface area contributed by atoms with Crippen LogP contribution in [0.1, 0.15) is 75.3 Å². The quantitative estimate of drug-likeness (QED) is 0.142. The molecule has 1 aromatic carbocycles. The first-order valence-corrected chi connectivity index (χ1v) is 17.2. The van der Waals surface area contributed by atoms with Crippen molar-refractivity contribution >= 4 is 40.8 Å². The fourth-order valence-corrected chi connectivity index (χ4v) is 6.34. The van der Waals surface area contributed by atoms with E-state index in [4.69, 9.17) is 35.8 Å². The van der Waals surface area contributed by atoms with Crippen molar-refractivity contribution in [3.63, 3.8) is 0 Å². The molecule has 0 saturated carbocycles. The largest absolute Gasteiger partial charge is 0.443 e. The Kier molecular flexibility index (Phi) is 9.65. The van der Waals surface area contributed by atoms with E-state index in [0.717, 1.165) is 11.3 Å². The van der Waals surface area contributed by atoms with Crippen molar-refractivity contribution in [2.75, 3.05) is 6.79 Å². The number of imidazole rings is 1. The minimum absolute atomic E-state index is 0.191. The fourth-order valence-electron chi connectivity index (χ4n) is 5.37. The minimum Gasteiger partial charge on any atom is -0.443 e. The van der Waals surface area contributed by atoms with Gasteiger partial charge in [0.2, 0.25) is 6.79 Å². The van der Waals surface area contributed by atoms with Crippen molar-refractivity contribution in [1.82, 2.24) is 39.3 Å². The Balaban J connectivity index is 1.32. The molecule has 4 aromatic heterocycles. The van der Waals surface area contributed by atoms with Crippen LogP contribution < -0.4 is 5.56 Å². The molecule has 1 aliphatic rings. The smallest absolute Gasteiger partial charge is 0.351 e. The zero-order chi connectivity index (χ0) is 36.7. The van der Waals surface area contributed by atoms with E-state index in [0.29, 0.717) is 57.7 Å². The highest BCUT2D eigenvalue weighted by Gasteiger charge is 2.33. The average molecular weight is 735 g/mol. The lowest BCUT2D eigenvalue weighted by molar-refractivity contribution is -0.161. The van der Waals surface area contributed by atoms with Gasteiger partial charge in [-0.3, -0.25) is 23.5 Å². The molecular formula is C34H35ClN8O7S. The Morgan fingerprint density at radius 3 is 2.45 bits per heavy atom. The molecule has 0 bridgehead atoms. The number of carbonyl (C=O) groups is 3. The van der Waals surface area contributed by atoms with Gasteiger partial charge in [0.1, 0.15) is 22.9 Å². The molecule has 266 valence electrons. The summed E-state index contributed by atoms with van der Waals surface area (Å²) < 4.78 is 20.8. The third kappa shape index (κ3) is 7.46. The third-order valence-electron chi connectivity index (χ3n) is 8.02. The maximum Gasteiger partial charge on any atom is 0.351 e. The van der Waals surface area contributed by atoms with Crippen LogP contribution in [-0.4, -0.2) is 64.0 Å². The maximum absolute atomic E-state index is 13.9. The summed E-state index contributed by atoms with van der Waals surface area (Å²) in [5, 5.41) is 13.6. The molecule has 15 nitrogen and oxygen atoms in total. The molecule has 5 aromatic rings. The zero-order valence-electron chi connectivity index (χ0n) is 28.7. The number of aromatic nitrogens is 8. The van der Waals surface area contributed by atoms with Gasteiger partial charge in [-0.25, -0.2) is 14.8 Å². The fraction of sp³-hybridized carbons (Fsp3) is 0.382. The van der Waals surface area contributed by atoms with Crippen LogP contribution in [0.3, 0.4) is 0 Å². The monoisotopic (exact) mass is 734 g/mol. The first-order chi connectivity index (χ1) is 24.1. The molecular weight excluding hydrogens is 700 g/mol. The Morgan fingerprint density at radius 1 is 1.00 bits per heavy atom. The van der Waals surface area contributed by atoms with Crippen molar-refractivity contribution in [3.05, 3.63) is 80.1 Å². The SMILES string of the molecule is CC(C)(C)C(=O)OCOC(=O)c1cc(-c2cnc([C@@H]3CCc4nc(-c5cc(Cl)ccc5-n5cnnn5)cc(=O)n43)n2COC(=O)C(C)(C)C)cs1. The van der Waals surface area contributed by atoms with Gasteiger partial charge in [0.05, 0.1) is 40.1 Å². The van der Waals surface area contributed by atoms with Gasteiger partial charge < -0.3 is 14.2 Å². The first kappa shape index (κ1) is 35.6. The number of aryl methyl sites for hydroxylation is 1. The van der Waals surface area contributed by atoms with Gasteiger partial charge in [-0.05, 0) is 82.7 Å². The maximum atomic E-state index is 13.9. The van der Waals surface area contributed by atoms with Gasteiger partial charge in [-0.15, -0.1) is 16.4 Å². The second-order valence-electron chi connectivity index (χ2n) is 13.9. The summed E-state index contributed by atoms with van der Waals surface area (Å²) in [5.74, 6) is -0.576. The molecule has 0 fully saturated rings. The van der Waals surface area contributed by atoms with Crippen LogP contribution in [-0.2, 0) is 37.0 Å². The molecule has 0 radical (unpaired) electrons. The summed E-state index contributed by atoms with van der Waals surface area (Å²) in [5.41, 5.74) is 0.933. The third-order valence-corrected chi connectivity index (χ3v) is 9.16. The van der Waals surface area contributed by atoms with Crippen LogP contribution >= 0.6 is 22.9 Å². The van der Waals surface area contributed by atoms with Crippen LogP contribution in [0.2, 0.25) is 5.02 Å². The minimum atomic E-state index is -0.768. The lowest BCUT2D eigenvalue weighted by atomic mass is 9.97. The van der Waals surface area contributed by atoms with Crippen molar-refractivity contribution in [3.8, 4) is 28.2 Å². The van der Waals surface area contributed by atoms with Crippen molar-refractivity contribution < 1.29 is 28.6 Å². The summed E-state index contributed by atoms with van der Waals surface area (Å²) in [6, 6.07) is 7.68. The van der Waals surface area contributed by atoms with Crippen LogP contribution in [0.5, 0.6) is 0 Å². The molecule has 0 saturated heterocycles. The number of rotatable bonds is 9. The van der Waals surface area contributed by atoms with Crippen LogP contribution in [0, 0.1) is 10.8 Å². The van der Waals surface area contributed by atoms with Crippen molar-refractivity contribution in [2.45, 2.75) is 67.2 Å². The Labute approximate surface area is 301 Å². The Morgan fingerprint density at radius 2 is 1.75 bits per heavy atom. The van der Waals surface area contributed by atoms with E-state index >= 15 is 0 Å². The van der Waals surface area contributed by atoms with E-state index in [1.807, 2.05) is 0 Å². The molecule has 0 unspecified atom stereocenters. The molecule has 6 rings (SSSR count). The van der Waals surface area contributed by atoms with E-state index in [-0.39, 0.29) is 17.2 Å². The predicted octanol–water partition coefficient (Wildman–Crippen LogP) is 5.25. The normalized spacial score (nSPS) is 14.3. The lowest BCUT2D eigenvalue weighted by Crippen LogP contribution is -2.28. The number of benzene rings is 1. The highest BCUT2D eigenvalue weighted by molar-refractivity contribution is 7.12. The second-order valence-corrected chi connectivity index (χ2v) is 15.3. The molecule has 17 heteroatoms. The topological polar surface area (TPSA) is 175 Å². The predicted molar refractivity (Wildman–Crippen MR) is 185 cm³/mol. The number of ether oxygens (including phenoxy) is 3. The number of thiophene rings is 1. The number of carbonyl (C=O) groups excluding carboxylic acids is 3. The van der Waals surface area contributed by atoms with Crippen LogP contribution in [0.15, 0.2) is 53.0 Å². The number of halogens is 1. The molecule has 0 N–H and O–H groups in total. The number of nitrogens with zero attached hydrogens (tertiary/aromatic N) is 8.